The van der Waals surface area contributed by atoms with Crippen LogP contribution < -0.4 is 5.32 Å². The Kier molecular flexibility index (Phi) is 4.84. The molecule has 3 heteroatoms. The van der Waals surface area contributed by atoms with E-state index in [9.17, 15) is 0 Å². The van der Waals surface area contributed by atoms with Crippen LogP contribution in [0.3, 0.4) is 0 Å². The van der Waals surface area contributed by atoms with Crippen LogP contribution in [0.2, 0.25) is 0 Å². The Hall–Kier alpha value is -1.45. The molecule has 0 saturated carbocycles. The summed E-state index contributed by atoms with van der Waals surface area (Å²) in [4.78, 5) is 4.63. The van der Waals surface area contributed by atoms with Crippen LogP contribution >= 0.6 is 0 Å². The molecule has 1 saturated heterocycles. The minimum atomic E-state index is 0.317. The van der Waals surface area contributed by atoms with E-state index in [4.69, 9.17) is 4.74 Å². The van der Waals surface area contributed by atoms with Crippen LogP contribution in [-0.2, 0) is 4.74 Å². The Bertz CT molecular complexity index is 573. The molecule has 2 unspecified atom stereocenters. The van der Waals surface area contributed by atoms with Crippen LogP contribution in [0.5, 0.6) is 0 Å². The molecule has 1 aromatic carbocycles. The van der Waals surface area contributed by atoms with E-state index < -0.39 is 0 Å². The van der Waals surface area contributed by atoms with Gasteiger partial charge in [0, 0.05) is 24.2 Å². The van der Waals surface area contributed by atoms with Crippen LogP contribution in [0.25, 0.3) is 10.8 Å². The average Bonchev–Trinajstić information content (AvgIpc) is 3.05. The Labute approximate surface area is 126 Å². The molecule has 1 aliphatic heterocycles. The van der Waals surface area contributed by atoms with E-state index in [0.717, 1.165) is 13.0 Å². The monoisotopic (exact) mass is 284 g/mol. The Morgan fingerprint density at radius 1 is 1.33 bits per heavy atom. The summed E-state index contributed by atoms with van der Waals surface area (Å²) in [5.41, 5.74) is 1.17. The van der Waals surface area contributed by atoms with Crippen molar-refractivity contribution in [2.45, 2.75) is 44.2 Å². The predicted octanol–water partition coefficient (Wildman–Crippen LogP) is 3.84. The summed E-state index contributed by atoms with van der Waals surface area (Å²) < 4.78 is 5.71. The van der Waals surface area contributed by atoms with E-state index in [1.807, 2.05) is 13.2 Å². The molecule has 2 atom stereocenters. The summed E-state index contributed by atoms with van der Waals surface area (Å²) in [6.45, 7) is 0.949. The van der Waals surface area contributed by atoms with Gasteiger partial charge in [0.05, 0.1) is 11.8 Å². The maximum Gasteiger partial charge on any atom is 0.0651 e. The van der Waals surface area contributed by atoms with Crippen molar-refractivity contribution >= 4 is 10.8 Å². The lowest BCUT2D eigenvalue weighted by Gasteiger charge is -2.18. The number of nitrogens with one attached hydrogen (secondary N) is 1. The largest absolute Gasteiger partial charge is 0.378 e. The number of ether oxygens (including phenoxy) is 1. The number of hydrogen-bond acceptors (Lipinski definition) is 3. The van der Waals surface area contributed by atoms with Gasteiger partial charge in [-0.25, -0.2) is 0 Å². The highest BCUT2D eigenvalue weighted by molar-refractivity contribution is 5.84. The molecule has 1 fully saturated rings. The molecule has 1 N–H and O–H groups in total. The van der Waals surface area contributed by atoms with Crippen LogP contribution in [-0.4, -0.2) is 24.7 Å². The Morgan fingerprint density at radius 3 is 3.05 bits per heavy atom. The van der Waals surface area contributed by atoms with Crippen molar-refractivity contribution in [2.75, 3.05) is 13.7 Å². The lowest BCUT2D eigenvalue weighted by Crippen LogP contribution is -2.18. The Balaban J connectivity index is 1.69. The second-order valence-electron chi connectivity index (χ2n) is 5.82. The molecule has 0 amide bonds. The molecule has 2 heterocycles. The molecule has 3 nitrogen and oxygen atoms in total. The van der Waals surface area contributed by atoms with Gasteiger partial charge in [-0.15, -0.1) is 0 Å². The fourth-order valence-electron chi connectivity index (χ4n) is 3.26. The zero-order chi connectivity index (χ0) is 14.5. The summed E-state index contributed by atoms with van der Waals surface area (Å²) in [7, 11) is 2.03. The number of aromatic nitrogens is 1. The van der Waals surface area contributed by atoms with Crippen molar-refractivity contribution in [3.8, 4) is 0 Å². The van der Waals surface area contributed by atoms with Gasteiger partial charge in [-0.3, -0.25) is 4.98 Å². The van der Waals surface area contributed by atoms with E-state index in [1.165, 1.54) is 42.1 Å². The van der Waals surface area contributed by atoms with Crippen LogP contribution in [0.1, 0.15) is 43.8 Å². The molecule has 2 aromatic rings. The summed E-state index contributed by atoms with van der Waals surface area (Å²) in [5, 5.41) is 5.96. The van der Waals surface area contributed by atoms with Gasteiger partial charge in [-0.2, -0.15) is 0 Å². The van der Waals surface area contributed by atoms with Gasteiger partial charge in [0.1, 0.15) is 0 Å². The number of hydrogen-bond donors (Lipinski definition) is 1. The van der Waals surface area contributed by atoms with Crippen molar-refractivity contribution in [1.29, 1.82) is 0 Å². The molecule has 0 aliphatic carbocycles. The molecular formula is C18H24N2O. The van der Waals surface area contributed by atoms with Gasteiger partial charge >= 0.3 is 0 Å². The number of benzene rings is 1. The van der Waals surface area contributed by atoms with E-state index in [1.54, 1.807) is 0 Å². The van der Waals surface area contributed by atoms with Crippen molar-refractivity contribution in [1.82, 2.24) is 10.3 Å². The minimum Gasteiger partial charge on any atom is -0.378 e. The van der Waals surface area contributed by atoms with Crippen molar-refractivity contribution < 1.29 is 4.74 Å². The second-order valence-corrected chi connectivity index (χ2v) is 5.82. The van der Waals surface area contributed by atoms with Gasteiger partial charge in [0.15, 0.2) is 0 Å². The van der Waals surface area contributed by atoms with E-state index in [-0.39, 0.29) is 0 Å². The van der Waals surface area contributed by atoms with Gasteiger partial charge in [-0.1, -0.05) is 24.3 Å². The summed E-state index contributed by atoms with van der Waals surface area (Å²) in [5.74, 6) is 0. The van der Waals surface area contributed by atoms with Crippen LogP contribution in [0, 0.1) is 0 Å². The third-order valence-electron chi connectivity index (χ3n) is 4.43. The highest BCUT2D eigenvalue weighted by Gasteiger charge is 2.18. The Morgan fingerprint density at radius 2 is 2.24 bits per heavy atom. The number of fused-ring (bicyclic) bond motifs is 1. The normalized spacial score (nSPS) is 20.0. The number of pyridine rings is 1. The molecule has 1 aliphatic rings. The SMILES string of the molecule is CNC(CCCC1CCCO1)c1nccc2ccccc12. The van der Waals surface area contributed by atoms with Crippen molar-refractivity contribution in [3.05, 3.63) is 42.2 Å². The molecule has 0 spiro atoms. The standard InChI is InChI=1S/C18H24N2O/c1-19-17(10-4-7-15-8-5-13-21-15)18-16-9-3-2-6-14(16)11-12-20-18/h2-3,6,9,11-12,15,17,19H,4-5,7-8,10,13H2,1H3. The first kappa shape index (κ1) is 14.5. The highest BCUT2D eigenvalue weighted by Crippen LogP contribution is 2.26. The van der Waals surface area contributed by atoms with Gasteiger partial charge in [0.2, 0.25) is 0 Å². The van der Waals surface area contributed by atoms with Gasteiger partial charge < -0.3 is 10.1 Å². The van der Waals surface area contributed by atoms with Crippen molar-refractivity contribution in [2.24, 2.45) is 0 Å². The first-order valence-corrected chi connectivity index (χ1v) is 8.01. The fraction of sp³-hybridized carbons (Fsp3) is 0.500. The molecule has 1 aromatic heterocycles. The minimum absolute atomic E-state index is 0.317. The summed E-state index contributed by atoms with van der Waals surface area (Å²) in [6.07, 6.45) is 8.33. The second kappa shape index (κ2) is 7.01. The van der Waals surface area contributed by atoms with Gasteiger partial charge in [0.25, 0.3) is 0 Å². The van der Waals surface area contributed by atoms with Crippen LogP contribution in [0.4, 0.5) is 0 Å². The molecule has 21 heavy (non-hydrogen) atoms. The molecule has 0 radical (unpaired) electrons. The average molecular weight is 284 g/mol. The third kappa shape index (κ3) is 3.42. The van der Waals surface area contributed by atoms with Gasteiger partial charge in [-0.05, 0) is 50.6 Å². The fourth-order valence-corrected chi connectivity index (χ4v) is 3.26. The van der Waals surface area contributed by atoms with Crippen LogP contribution in [0.15, 0.2) is 36.5 Å². The molecule has 0 bridgehead atoms. The topological polar surface area (TPSA) is 34.1 Å². The van der Waals surface area contributed by atoms with E-state index in [0.29, 0.717) is 12.1 Å². The summed E-state index contributed by atoms with van der Waals surface area (Å²) >= 11 is 0. The quantitative estimate of drug-likeness (QED) is 0.875. The van der Waals surface area contributed by atoms with Crippen molar-refractivity contribution in [3.63, 3.8) is 0 Å². The predicted molar refractivity (Wildman–Crippen MR) is 86.4 cm³/mol. The molecule has 112 valence electrons. The number of nitrogens with zero attached hydrogens (tertiary/aromatic N) is 1. The third-order valence-corrected chi connectivity index (χ3v) is 4.43. The highest BCUT2D eigenvalue weighted by atomic mass is 16.5. The molecular weight excluding hydrogens is 260 g/mol. The molecule has 3 rings (SSSR count). The lowest BCUT2D eigenvalue weighted by atomic mass is 9.99. The first-order chi connectivity index (χ1) is 10.4. The van der Waals surface area contributed by atoms with E-state index in [2.05, 4.69) is 40.6 Å². The maximum atomic E-state index is 5.71. The first-order valence-electron chi connectivity index (χ1n) is 8.01. The smallest absolute Gasteiger partial charge is 0.0651 e. The summed E-state index contributed by atoms with van der Waals surface area (Å²) in [6, 6.07) is 10.9. The number of rotatable bonds is 6. The zero-order valence-electron chi connectivity index (χ0n) is 12.7. The zero-order valence-corrected chi connectivity index (χ0v) is 12.7. The van der Waals surface area contributed by atoms with E-state index >= 15 is 0 Å². The maximum absolute atomic E-state index is 5.71. The lowest BCUT2D eigenvalue weighted by molar-refractivity contribution is 0.101.